The van der Waals surface area contributed by atoms with E-state index in [-0.39, 0.29) is 11.2 Å². The molecule has 4 nitrogen and oxygen atoms in total. The Morgan fingerprint density at radius 2 is 2.13 bits per heavy atom. The molecular formula is C18H15N3OS. The van der Waals surface area contributed by atoms with Gasteiger partial charge in [0.05, 0.1) is 5.70 Å². The van der Waals surface area contributed by atoms with Gasteiger partial charge < -0.3 is 10.3 Å². The van der Waals surface area contributed by atoms with E-state index in [0.717, 1.165) is 22.0 Å². The number of benzene rings is 1. The van der Waals surface area contributed by atoms with Gasteiger partial charge in [-0.15, -0.1) is 11.8 Å². The molecule has 0 radical (unpaired) electrons. The fourth-order valence-corrected chi connectivity index (χ4v) is 3.69. The largest absolute Gasteiger partial charge is 0.366 e. The minimum Gasteiger partial charge on any atom is -0.366 e. The molecule has 114 valence electrons. The number of hydrogen-bond acceptors (Lipinski definition) is 4. The van der Waals surface area contributed by atoms with Gasteiger partial charge in [0.1, 0.15) is 5.37 Å². The molecule has 0 saturated heterocycles. The number of para-hydroxylation sites is 1. The third kappa shape index (κ3) is 2.75. The van der Waals surface area contributed by atoms with Gasteiger partial charge >= 0.3 is 0 Å². The number of pyridine rings is 1. The van der Waals surface area contributed by atoms with E-state index in [1.165, 1.54) is 0 Å². The first-order valence-electron chi connectivity index (χ1n) is 7.41. The second-order valence-electron chi connectivity index (χ2n) is 5.44. The molecule has 3 heterocycles. The van der Waals surface area contributed by atoms with Gasteiger partial charge in [-0.2, -0.15) is 0 Å². The van der Waals surface area contributed by atoms with Gasteiger partial charge in [-0.3, -0.25) is 9.78 Å². The SMILES string of the molecule is O=C(Cc1c[nH]c2ccccc12)C1=CSC(c2cccnc2)N1. The number of H-pyrrole nitrogens is 1. The maximum Gasteiger partial charge on any atom is 0.183 e. The Bertz CT molecular complexity index is 885. The summed E-state index contributed by atoms with van der Waals surface area (Å²) < 4.78 is 0. The molecule has 1 aliphatic rings. The van der Waals surface area contributed by atoms with Crippen molar-refractivity contribution in [2.45, 2.75) is 11.8 Å². The highest BCUT2D eigenvalue weighted by Gasteiger charge is 2.23. The predicted octanol–water partition coefficient (Wildman–Crippen LogP) is 3.55. The van der Waals surface area contributed by atoms with E-state index in [9.17, 15) is 4.79 Å². The van der Waals surface area contributed by atoms with E-state index in [1.807, 2.05) is 54.2 Å². The normalized spacial score (nSPS) is 17.0. The summed E-state index contributed by atoms with van der Waals surface area (Å²) in [6.45, 7) is 0. The number of rotatable bonds is 4. The maximum absolute atomic E-state index is 12.6. The third-order valence-electron chi connectivity index (χ3n) is 3.92. The Hall–Kier alpha value is -2.53. The van der Waals surface area contributed by atoms with Crippen LogP contribution in [0.2, 0.25) is 0 Å². The number of thioether (sulfide) groups is 1. The number of carbonyl (C=O) groups excluding carboxylic acids is 1. The number of hydrogen-bond donors (Lipinski definition) is 2. The van der Waals surface area contributed by atoms with E-state index in [0.29, 0.717) is 12.1 Å². The fraction of sp³-hybridized carbons (Fsp3) is 0.111. The second-order valence-corrected chi connectivity index (χ2v) is 6.42. The molecule has 1 unspecified atom stereocenters. The Balaban J connectivity index is 1.48. The summed E-state index contributed by atoms with van der Waals surface area (Å²) in [7, 11) is 0. The van der Waals surface area contributed by atoms with Gasteiger partial charge in [0.15, 0.2) is 5.78 Å². The highest BCUT2D eigenvalue weighted by Crippen LogP contribution is 2.34. The lowest BCUT2D eigenvalue weighted by molar-refractivity contribution is -0.115. The smallest absolute Gasteiger partial charge is 0.183 e. The molecular weight excluding hydrogens is 306 g/mol. The lowest BCUT2D eigenvalue weighted by atomic mass is 10.1. The average molecular weight is 321 g/mol. The molecule has 0 saturated carbocycles. The molecule has 2 N–H and O–H groups in total. The monoisotopic (exact) mass is 321 g/mol. The van der Waals surface area contributed by atoms with Crippen molar-refractivity contribution in [3.63, 3.8) is 0 Å². The molecule has 23 heavy (non-hydrogen) atoms. The van der Waals surface area contributed by atoms with E-state index >= 15 is 0 Å². The van der Waals surface area contributed by atoms with Crippen LogP contribution in [0.4, 0.5) is 0 Å². The van der Waals surface area contributed by atoms with Crippen molar-refractivity contribution in [2.24, 2.45) is 0 Å². The van der Waals surface area contributed by atoms with Crippen LogP contribution in [0.15, 0.2) is 66.1 Å². The Morgan fingerprint density at radius 3 is 3.00 bits per heavy atom. The standard InChI is InChI=1S/C18H15N3OS/c22-17(8-13-10-20-15-6-2-1-5-14(13)15)16-11-23-18(21-16)12-4-3-7-19-9-12/h1-7,9-11,18,20-21H,8H2. The number of Topliss-reactive ketones (excluding diaryl/α,β-unsaturated/α-hetero) is 1. The first kappa shape index (κ1) is 14.1. The van der Waals surface area contributed by atoms with Crippen LogP contribution in [0.3, 0.4) is 0 Å². The van der Waals surface area contributed by atoms with Crippen molar-refractivity contribution in [3.8, 4) is 0 Å². The summed E-state index contributed by atoms with van der Waals surface area (Å²) in [5.41, 5.74) is 3.84. The highest BCUT2D eigenvalue weighted by atomic mass is 32.2. The van der Waals surface area contributed by atoms with Crippen LogP contribution in [0, 0.1) is 0 Å². The number of allylic oxidation sites excluding steroid dienone is 1. The maximum atomic E-state index is 12.6. The number of nitrogens with zero attached hydrogens (tertiary/aromatic N) is 1. The summed E-state index contributed by atoms with van der Waals surface area (Å²) in [5, 5.41) is 6.37. The van der Waals surface area contributed by atoms with E-state index < -0.39 is 0 Å². The topological polar surface area (TPSA) is 57.8 Å². The Kier molecular flexibility index (Phi) is 3.63. The van der Waals surface area contributed by atoms with E-state index in [4.69, 9.17) is 0 Å². The summed E-state index contributed by atoms with van der Waals surface area (Å²) in [6.07, 6.45) is 5.89. The molecule has 0 amide bonds. The summed E-state index contributed by atoms with van der Waals surface area (Å²) in [6, 6.07) is 12.0. The molecule has 3 aromatic rings. The molecule has 0 fully saturated rings. The van der Waals surface area contributed by atoms with Crippen molar-refractivity contribution < 1.29 is 4.79 Å². The van der Waals surface area contributed by atoms with Crippen molar-refractivity contribution >= 4 is 28.4 Å². The second kappa shape index (κ2) is 5.93. The van der Waals surface area contributed by atoms with Crippen LogP contribution in [-0.2, 0) is 11.2 Å². The number of nitrogens with one attached hydrogen (secondary N) is 2. The number of ketones is 1. The van der Waals surface area contributed by atoms with Gasteiger partial charge in [-0.25, -0.2) is 0 Å². The number of aromatic nitrogens is 2. The van der Waals surface area contributed by atoms with Crippen molar-refractivity contribution in [1.29, 1.82) is 0 Å². The molecule has 2 aromatic heterocycles. The van der Waals surface area contributed by atoms with E-state index in [1.54, 1.807) is 18.0 Å². The van der Waals surface area contributed by atoms with Crippen LogP contribution in [0.5, 0.6) is 0 Å². The molecule has 0 spiro atoms. The zero-order valence-corrected chi connectivity index (χ0v) is 13.1. The van der Waals surface area contributed by atoms with Crippen LogP contribution in [0.1, 0.15) is 16.5 Å². The molecule has 1 aliphatic heterocycles. The Labute approximate surface area is 138 Å². The molecule has 0 bridgehead atoms. The number of aromatic amines is 1. The lowest BCUT2D eigenvalue weighted by Crippen LogP contribution is -2.20. The molecule has 0 aliphatic carbocycles. The van der Waals surface area contributed by atoms with Gasteiger partial charge in [0, 0.05) is 46.9 Å². The number of fused-ring (bicyclic) bond motifs is 1. The molecule has 4 rings (SSSR count). The van der Waals surface area contributed by atoms with Crippen LogP contribution in [0.25, 0.3) is 10.9 Å². The van der Waals surface area contributed by atoms with Crippen LogP contribution >= 0.6 is 11.8 Å². The third-order valence-corrected chi connectivity index (χ3v) is 4.96. The van der Waals surface area contributed by atoms with Gasteiger partial charge in [-0.05, 0) is 17.7 Å². The summed E-state index contributed by atoms with van der Waals surface area (Å²) in [4.78, 5) is 19.9. The summed E-state index contributed by atoms with van der Waals surface area (Å²) in [5.74, 6) is 0.105. The molecule has 1 atom stereocenters. The highest BCUT2D eigenvalue weighted by molar-refractivity contribution is 8.02. The minimum atomic E-state index is 0.0608. The van der Waals surface area contributed by atoms with E-state index in [2.05, 4.69) is 15.3 Å². The van der Waals surface area contributed by atoms with Crippen molar-refractivity contribution in [3.05, 3.63) is 77.2 Å². The van der Waals surface area contributed by atoms with Crippen LogP contribution < -0.4 is 5.32 Å². The van der Waals surface area contributed by atoms with Crippen molar-refractivity contribution in [2.75, 3.05) is 0 Å². The van der Waals surface area contributed by atoms with Crippen LogP contribution in [-0.4, -0.2) is 15.8 Å². The van der Waals surface area contributed by atoms with Gasteiger partial charge in [0.2, 0.25) is 0 Å². The lowest BCUT2D eigenvalue weighted by Gasteiger charge is -2.12. The first-order valence-corrected chi connectivity index (χ1v) is 8.36. The van der Waals surface area contributed by atoms with Gasteiger partial charge in [-0.1, -0.05) is 24.3 Å². The minimum absolute atomic E-state index is 0.0608. The quantitative estimate of drug-likeness (QED) is 0.771. The van der Waals surface area contributed by atoms with Crippen molar-refractivity contribution in [1.82, 2.24) is 15.3 Å². The summed E-state index contributed by atoms with van der Waals surface area (Å²) >= 11 is 1.61. The fourth-order valence-electron chi connectivity index (χ4n) is 2.73. The number of carbonyl (C=O) groups is 1. The molecule has 1 aromatic carbocycles. The zero-order chi connectivity index (χ0) is 15.6. The molecule has 5 heteroatoms. The zero-order valence-electron chi connectivity index (χ0n) is 12.3. The average Bonchev–Trinajstić information content (AvgIpc) is 3.24. The van der Waals surface area contributed by atoms with Gasteiger partial charge in [0.25, 0.3) is 0 Å². The Morgan fingerprint density at radius 1 is 1.22 bits per heavy atom. The first-order chi connectivity index (χ1) is 11.3. The predicted molar refractivity (Wildman–Crippen MR) is 92.8 cm³/mol.